The zero-order chi connectivity index (χ0) is 18.2. The molecule has 7 nitrogen and oxygen atoms in total. The summed E-state index contributed by atoms with van der Waals surface area (Å²) in [6.07, 6.45) is 1.40. The zero-order valence-corrected chi connectivity index (χ0v) is 14.7. The first-order valence-corrected chi connectivity index (χ1v) is 8.85. The van der Waals surface area contributed by atoms with Crippen LogP contribution < -0.4 is 0 Å². The molecule has 0 bridgehead atoms. The molecule has 142 valence electrons. The monoisotopic (exact) mass is 348 g/mol. The Hall–Kier alpha value is -0.570. The van der Waals surface area contributed by atoms with Gasteiger partial charge in [-0.25, -0.2) is 0 Å². The Bertz CT molecular complexity index is 374. The van der Waals surface area contributed by atoms with Crippen molar-refractivity contribution in [2.45, 2.75) is 88.5 Å². The Morgan fingerprint density at radius 2 is 1.62 bits per heavy atom. The first-order valence-electron chi connectivity index (χ1n) is 8.85. The van der Waals surface area contributed by atoms with Crippen molar-refractivity contribution >= 4 is 5.78 Å². The number of ether oxygens (including phenoxy) is 2. The van der Waals surface area contributed by atoms with E-state index in [-0.39, 0.29) is 6.42 Å². The number of carbonyl (C=O) groups is 1. The van der Waals surface area contributed by atoms with Crippen molar-refractivity contribution < 1.29 is 34.7 Å². The molecule has 0 aromatic heterocycles. The Balaban J connectivity index is 2.57. The van der Waals surface area contributed by atoms with E-state index in [1.165, 1.54) is 26.4 Å². The Morgan fingerprint density at radius 3 is 2.17 bits per heavy atom. The normalized spacial score (nSPS) is 33.6. The van der Waals surface area contributed by atoms with Crippen LogP contribution in [0.15, 0.2) is 0 Å². The highest BCUT2D eigenvalue weighted by atomic mass is 16.7. The lowest BCUT2D eigenvalue weighted by Gasteiger charge is -2.46. The Kier molecular flexibility index (Phi) is 9.33. The number of hydrogen-bond acceptors (Lipinski definition) is 7. The molecular formula is C17H32O7. The maximum atomic E-state index is 12.5. The highest BCUT2D eigenvalue weighted by molar-refractivity contribution is 5.86. The minimum atomic E-state index is -2.05. The van der Waals surface area contributed by atoms with E-state index in [0.717, 1.165) is 19.3 Å². The Morgan fingerprint density at radius 1 is 1.04 bits per heavy atom. The van der Waals surface area contributed by atoms with Crippen LogP contribution in [0.25, 0.3) is 0 Å². The topological polar surface area (TPSA) is 116 Å². The van der Waals surface area contributed by atoms with Crippen molar-refractivity contribution in [2.75, 3.05) is 13.7 Å². The summed E-state index contributed by atoms with van der Waals surface area (Å²) in [5, 5.41) is 39.1. The highest BCUT2D eigenvalue weighted by Gasteiger charge is 2.57. The summed E-state index contributed by atoms with van der Waals surface area (Å²) in [4.78, 5) is 12.5. The molecule has 0 aliphatic carbocycles. The van der Waals surface area contributed by atoms with Gasteiger partial charge in [0.05, 0.1) is 6.61 Å². The molecule has 0 aromatic carbocycles. The van der Waals surface area contributed by atoms with Gasteiger partial charge >= 0.3 is 0 Å². The van der Waals surface area contributed by atoms with E-state index in [2.05, 4.69) is 6.92 Å². The van der Waals surface area contributed by atoms with E-state index >= 15 is 0 Å². The van der Waals surface area contributed by atoms with E-state index in [1.807, 2.05) is 0 Å². The van der Waals surface area contributed by atoms with Gasteiger partial charge in [-0.3, -0.25) is 4.79 Å². The van der Waals surface area contributed by atoms with Crippen LogP contribution in [-0.2, 0) is 14.3 Å². The molecule has 1 rings (SSSR count). The van der Waals surface area contributed by atoms with Gasteiger partial charge in [-0.15, -0.1) is 0 Å². The van der Waals surface area contributed by atoms with Crippen molar-refractivity contribution in [2.24, 2.45) is 0 Å². The lowest BCUT2D eigenvalue weighted by atomic mass is 9.88. The number of aliphatic hydroxyl groups excluding tert-OH is 4. The highest BCUT2D eigenvalue weighted by Crippen LogP contribution is 2.33. The first-order chi connectivity index (χ1) is 11.4. The third-order valence-electron chi connectivity index (χ3n) is 4.65. The number of rotatable bonds is 11. The van der Waals surface area contributed by atoms with Crippen LogP contribution in [-0.4, -0.2) is 70.1 Å². The molecule has 24 heavy (non-hydrogen) atoms. The van der Waals surface area contributed by atoms with Gasteiger partial charge in [0.2, 0.25) is 0 Å². The van der Waals surface area contributed by atoms with E-state index in [0.29, 0.717) is 6.42 Å². The summed E-state index contributed by atoms with van der Waals surface area (Å²) in [6.45, 7) is 1.56. The molecule has 1 unspecified atom stereocenters. The van der Waals surface area contributed by atoms with Gasteiger partial charge in [0.25, 0.3) is 5.79 Å². The minimum absolute atomic E-state index is 0.139. The average Bonchev–Trinajstić information content (AvgIpc) is 2.59. The number of aliphatic hydroxyl groups is 4. The molecule has 0 radical (unpaired) electrons. The van der Waals surface area contributed by atoms with Crippen LogP contribution >= 0.6 is 0 Å². The molecule has 0 spiro atoms. The molecular weight excluding hydrogens is 316 g/mol. The molecule has 1 fully saturated rings. The lowest BCUT2D eigenvalue weighted by Crippen LogP contribution is -2.68. The number of ketones is 1. The van der Waals surface area contributed by atoms with Crippen molar-refractivity contribution in [3.05, 3.63) is 0 Å². The van der Waals surface area contributed by atoms with Crippen molar-refractivity contribution in [3.63, 3.8) is 0 Å². The van der Waals surface area contributed by atoms with Crippen molar-refractivity contribution in [1.29, 1.82) is 0 Å². The van der Waals surface area contributed by atoms with Crippen LogP contribution in [0.1, 0.15) is 58.3 Å². The fraction of sp³-hybridized carbons (Fsp3) is 0.941. The molecule has 1 heterocycles. The molecule has 0 saturated carbocycles. The number of carbonyl (C=O) groups excluding carboxylic acids is 1. The molecule has 1 aliphatic heterocycles. The fourth-order valence-corrected chi connectivity index (χ4v) is 3.07. The lowest BCUT2D eigenvalue weighted by molar-refractivity contribution is -0.338. The summed E-state index contributed by atoms with van der Waals surface area (Å²) in [7, 11) is 1.20. The standard InChI is InChI=1S/C17H32O7/c1-3-4-5-6-7-8-9-10-13(19)17(23-2)16(22)15(21)14(20)12(11-18)24-17/h12,14-16,18,20-22H,3-11H2,1-2H3/t12-,14-,15+,16-,17?/m1/s1. The first kappa shape index (κ1) is 21.5. The number of hydrogen-bond donors (Lipinski definition) is 4. The predicted molar refractivity (Wildman–Crippen MR) is 87.3 cm³/mol. The van der Waals surface area contributed by atoms with E-state index in [4.69, 9.17) is 9.47 Å². The predicted octanol–water partition coefficient (Wildman–Crippen LogP) is 0.513. The molecule has 0 amide bonds. The maximum absolute atomic E-state index is 12.5. The molecule has 4 N–H and O–H groups in total. The third kappa shape index (κ3) is 4.97. The largest absolute Gasteiger partial charge is 0.394 e. The van der Waals surface area contributed by atoms with Gasteiger partial charge in [-0.05, 0) is 6.42 Å². The van der Waals surface area contributed by atoms with Crippen molar-refractivity contribution in [3.8, 4) is 0 Å². The van der Waals surface area contributed by atoms with Gasteiger partial charge in [0.15, 0.2) is 5.78 Å². The van der Waals surface area contributed by atoms with E-state index < -0.39 is 42.6 Å². The summed E-state index contributed by atoms with van der Waals surface area (Å²) in [6, 6.07) is 0. The molecule has 0 aromatic rings. The smallest absolute Gasteiger partial charge is 0.258 e. The van der Waals surface area contributed by atoms with Crippen LogP contribution in [0, 0.1) is 0 Å². The van der Waals surface area contributed by atoms with Crippen LogP contribution in [0.3, 0.4) is 0 Å². The second-order valence-electron chi connectivity index (χ2n) is 6.43. The summed E-state index contributed by atoms with van der Waals surface area (Å²) < 4.78 is 10.5. The average molecular weight is 348 g/mol. The maximum Gasteiger partial charge on any atom is 0.258 e. The fourth-order valence-electron chi connectivity index (χ4n) is 3.07. The molecule has 1 saturated heterocycles. The number of methoxy groups -OCH3 is 1. The zero-order valence-electron chi connectivity index (χ0n) is 14.7. The van der Waals surface area contributed by atoms with Gasteiger partial charge in [0.1, 0.15) is 24.4 Å². The van der Waals surface area contributed by atoms with Gasteiger partial charge in [-0.2, -0.15) is 0 Å². The Labute approximate surface area is 143 Å². The SMILES string of the molecule is CCCCCCCCCC(=O)C1(OC)O[C@H](CO)[C@@H](O)[C@H](O)[C@H]1O. The quantitative estimate of drug-likeness (QED) is 0.402. The minimum Gasteiger partial charge on any atom is -0.394 e. The second-order valence-corrected chi connectivity index (χ2v) is 6.43. The van der Waals surface area contributed by atoms with E-state index in [1.54, 1.807) is 0 Å². The summed E-state index contributed by atoms with van der Waals surface area (Å²) in [5.74, 6) is -2.54. The second kappa shape index (κ2) is 10.4. The number of Topliss-reactive ketones (excluding diaryl/α,β-unsaturated/α-hetero) is 1. The molecule has 1 aliphatic rings. The summed E-state index contributed by atoms with van der Waals surface area (Å²) in [5.41, 5.74) is 0. The van der Waals surface area contributed by atoms with Crippen molar-refractivity contribution in [1.82, 2.24) is 0 Å². The van der Waals surface area contributed by atoms with Gasteiger partial charge < -0.3 is 29.9 Å². The van der Waals surface area contributed by atoms with Gasteiger partial charge in [0, 0.05) is 13.5 Å². The van der Waals surface area contributed by atoms with Crippen LogP contribution in [0.2, 0.25) is 0 Å². The van der Waals surface area contributed by atoms with Crippen LogP contribution in [0.5, 0.6) is 0 Å². The number of unbranched alkanes of at least 4 members (excludes halogenated alkanes) is 6. The molecule has 5 atom stereocenters. The van der Waals surface area contributed by atoms with Crippen LogP contribution in [0.4, 0.5) is 0 Å². The van der Waals surface area contributed by atoms with E-state index in [9.17, 15) is 25.2 Å². The third-order valence-corrected chi connectivity index (χ3v) is 4.65. The summed E-state index contributed by atoms with van der Waals surface area (Å²) >= 11 is 0. The molecule has 7 heteroatoms. The van der Waals surface area contributed by atoms with Gasteiger partial charge in [-0.1, -0.05) is 45.4 Å².